The van der Waals surface area contributed by atoms with E-state index < -0.39 is 23.2 Å². The third kappa shape index (κ3) is 2.71. The van der Waals surface area contributed by atoms with Crippen LogP contribution in [0.1, 0.15) is 48.3 Å². The molecular weight excluding hydrogens is 274 g/mol. The van der Waals surface area contributed by atoms with Gasteiger partial charge in [0.05, 0.1) is 11.7 Å². The van der Waals surface area contributed by atoms with Crippen LogP contribution in [0.25, 0.3) is 0 Å². The zero-order chi connectivity index (χ0) is 15.2. The minimum Gasteiger partial charge on any atom is -0.388 e. The second kappa shape index (κ2) is 4.92. The molecule has 21 heavy (non-hydrogen) atoms. The zero-order valence-corrected chi connectivity index (χ0v) is 11.9. The van der Waals surface area contributed by atoms with E-state index in [0.717, 1.165) is 12.8 Å². The van der Waals surface area contributed by atoms with Crippen LogP contribution in [0.4, 0.5) is 0 Å². The summed E-state index contributed by atoms with van der Waals surface area (Å²) in [6.45, 7) is 1.85. The topological polar surface area (TPSA) is 107 Å². The lowest BCUT2D eigenvalue weighted by atomic mass is 9.90. The fraction of sp³-hybridized carbons (Fsp3) is 0.643. The first-order valence-electron chi connectivity index (χ1n) is 7.17. The summed E-state index contributed by atoms with van der Waals surface area (Å²) in [5.74, 6) is 0.493. The van der Waals surface area contributed by atoms with Crippen molar-refractivity contribution in [2.75, 3.05) is 13.1 Å². The van der Waals surface area contributed by atoms with Gasteiger partial charge in [-0.15, -0.1) is 0 Å². The fourth-order valence-electron chi connectivity index (χ4n) is 2.50. The molecule has 0 aromatic carbocycles. The lowest BCUT2D eigenvalue weighted by Crippen LogP contribution is -2.55. The second-order valence-corrected chi connectivity index (χ2v) is 6.16. The molecule has 1 saturated carbocycles. The number of aromatic nitrogens is 2. The van der Waals surface area contributed by atoms with Crippen molar-refractivity contribution in [1.29, 1.82) is 0 Å². The van der Waals surface area contributed by atoms with Crippen molar-refractivity contribution < 1.29 is 15.0 Å². The molecule has 1 aromatic heterocycles. The maximum absolute atomic E-state index is 12.3. The predicted octanol–water partition coefficient (Wildman–Crippen LogP) is -0.395. The van der Waals surface area contributed by atoms with Crippen molar-refractivity contribution in [3.8, 4) is 0 Å². The summed E-state index contributed by atoms with van der Waals surface area (Å²) >= 11 is 0. The molecule has 7 nitrogen and oxygen atoms in total. The molecule has 3 N–H and O–H groups in total. The number of nitrogens with one attached hydrogen (secondary N) is 1. The van der Waals surface area contributed by atoms with Crippen LogP contribution in [0, 0.1) is 0 Å². The molecule has 2 fully saturated rings. The number of nitrogens with zero attached hydrogens (tertiary/aromatic N) is 2. The summed E-state index contributed by atoms with van der Waals surface area (Å²) in [5.41, 5.74) is -1.66. The van der Waals surface area contributed by atoms with E-state index in [9.17, 15) is 19.8 Å². The van der Waals surface area contributed by atoms with E-state index in [1.165, 1.54) is 18.0 Å². The van der Waals surface area contributed by atoms with E-state index in [2.05, 4.69) is 9.97 Å². The predicted molar refractivity (Wildman–Crippen MR) is 74.0 cm³/mol. The Morgan fingerprint density at radius 3 is 2.81 bits per heavy atom. The molecule has 0 radical (unpaired) electrons. The first kappa shape index (κ1) is 14.2. The summed E-state index contributed by atoms with van der Waals surface area (Å²) in [7, 11) is 0. The molecule has 0 bridgehead atoms. The van der Waals surface area contributed by atoms with Crippen molar-refractivity contribution in [3.63, 3.8) is 0 Å². The number of rotatable bonds is 2. The quantitative estimate of drug-likeness (QED) is 0.688. The largest absolute Gasteiger partial charge is 0.388 e. The molecule has 3 rings (SSSR count). The van der Waals surface area contributed by atoms with Gasteiger partial charge in [-0.3, -0.25) is 9.59 Å². The second-order valence-electron chi connectivity index (χ2n) is 6.16. The molecule has 114 valence electrons. The molecule has 0 spiro atoms. The molecule has 7 heteroatoms. The molecule has 1 amide bonds. The third-order valence-electron chi connectivity index (χ3n) is 4.30. The molecule has 2 heterocycles. The van der Waals surface area contributed by atoms with Gasteiger partial charge in [0.25, 0.3) is 11.5 Å². The van der Waals surface area contributed by atoms with Gasteiger partial charge in [0.1, 0.15) is 11.4 Å². The third-order valence-corrected chi connectivity index (χ3v) is 4.30. The number of carbonyl (C=O) groups is 1. The van der Waals surface area contributed by atoms with Crippen molar-refractivity contribution in [2.45, 2.75) is 43.8 Å². The first-order valence-corrected chi connectivity index (χ1v) is 7.17. The summed E-state index contributed by atoms with van der Waals surface area (Å²) in [4.78, 5) is 32.5. The highest BCUT2D eigenvalue weighted by molar-refractivity contribution is 5.93. The van der Waals surface area contributed by atoms with E-state index in [0.29, 0.717) is 18.3 Å². The Hall–Kier alpha value is -1.73. The van der Waals surface area contributed by atoms with Crippen LogP contribution in [-0.4, -0.2) is 55.8 Å². The van der Waals surface area contributed by atoms with Crippen molar-refractivity contribution in [2.24, 2.45) is 0 Å². The van der Waals surface area contributed by atoms with Crippen LogP contribution in [0.2, 0.25) is 0 Å². The Morgan fingerprint density at radius 2 is 2.24 bits per heavy atom. The maximum Gasteiger partial charge on any atom is 0.263 e. The average molecular weight is 293 g/mol. The van der Waals surface area contributed by atoms with Crippen LogP contribution in [-0.2, 0) is 0 Å². The van der Waals surface area contributed by atoms with Gasteiger partial charge < -0.3 is 20.1 Å². The van der Waals surface area contributed by atoms with Gasteiger partial charge in [-0.2, -0.15) is 0 Å². The molecule has 1 saturated heterocycles. The minimum absolute atomic E-state index is 0.00957. The summed E-state index contributed by atoms with van der Waals surface area (Å²) < 4.78 is 0. The van der Waals surface area contributed by atoms with E-state index in [1.807, 2.05) is 0 Å². The molecule has 1 aromatic rings. The summed E-state index contributed by atoms with van der Waals surface area (Å²) in [6, 6.07) is 0. The Balaban J connectivity index is 1.78. The number of hydrogen-bond acceptors (Lipinski definition) is 5. The fourth-order valence-corrected chi connectivity index (χ4v) is 2.50. The van der Waals surface area contributed by atoms with Gasteiger partial charge >= 0.3 is 0 Å². The number of aliphatic hydroxyl groups is 2. The lowest BCUT2D eigenvalue weighted by Gasteiger charge is -2.39. The molecule has 0 unspecified atom stereocenters. The van der Waals surface area contributed by atoms with Crippen LogP contribution >= 0.6 is 0 Å². The van der Waals surface area contributed by atoms with E-state index in [-0.39, 0.29) is 18.5 Å². The molecule has 1 aliphatic heterocycles. The van der Waals surface area contributed by atoms with Gasteiger partial charge in [0.15, 0.2) is 0 Å². The van der Waals surface area contributed by atoms with E-state index >= 15 is 0 Å². The zero-order valence-electron chi connectivity index (χ0n) is 11.9. The van der Waals surface area contributed by atoms with E-state index in [4.69, 9.17) is 0 Å². The highest BCUT2D eigenvalue weighted by Gasteiger charge is 2.38. The van der Waals surface area contributed by atoms with Gasteiger partial charge in [0, 0.05) is 25.2 Å². The van der Waals surface area contributed by atoms with Crippen LogP contribution in [0.5, 0.6) is 0 Å². The summed E-state index contributed by atoms with van der Waals surface area (Å²) in [5, 5.41) is 19.8. The van der Waals surface area contributed by atoms with Crippen LogP contribution in [0.3, 0.4) is 0 Å². The molecule has 2 aliphatic rings. The van der Waals surface area contributed by atoms with Crippen LogP contribution < -0.4 is 5.56 Å². The van der Waals surface area contributed by atoms with Gasteiger partial charge in [-0.1, -0.05) is 0 Å². The Labute approximate surface area is 121 Å². The minimum atomic E-state index is -1.20. The van der Waals surface area contributed by atoms with E-state index in [1.54, 1.807) is 0 Å². The average Bonchev–Trinajstić information content (AvgIpc) is 3.25. The summed E-state index contributed by atoms with van der Waals surface area (Å²) in [6.07, 6.45) is 2.60. The Morgan fingerprint density at radius 1 is 1.52 bits per heavy atom. The number of likely N-dealkylation sites (tertiary alicyclic amines) is 1. The normalized spacial score (nSPS) is 29.5. The lowest BCUT2D eigenvalue weighted by molar-refractivity contribution is -0.0999. The number of piperidine rings is 1. The molecular formula is C14H19N3O4. The number of carbonyl (C=O) groups excluding carboxylic acids is 1. The Bertz CT molecular complexity index is 621. The standard InChI is InChI=1S/C14H19N3O4/c1-14(21)4-5-17(7-10(14)18)13(20)9-6-15-11(8-2-3-8)16-12(9)19/h6,8,10,18,21H,2-5,7H2,1H3,(H,15,16,19)/t10-,14+/m0/s1. The Kier molecular flexibility index (Phi) is 3.33. The number of β-amino-alcohol motifs (C(OH)–C–C–N with tert-alkyl or cyclic N) is 1. The SMILES string of the molecule is C[C@@]1(O)CCN(C(=O)c2cnc(C3CC3)[nH]c2=O)C[C@@H]1O. The highest BCUT2D eigenvalue weighted by atomic mass is 16.3. The van der Waals surface area contributed by atoms with Gasteiger partial charge in [-0.25, -0.2) is 4.98 Å². The maximum atomic E-state index is 12.3. The van der Waals surface area contributed by atoms with Crippen molar-refractivity contribution in [3.05, 3.63) is 27.9 Å². The van der Waals surface area contributed by atoms with Crippen molar-refractivity contribution in [1.82, 2.24) is 14.9 Å². The van der Waals surface area contributed by atoms with Crippen molar-refractivity contribution >= 4 is 5.91 Å². The number of aromatic amines is 1. The monoisotopic (exact) mass is 293 g/mol. The number of hydrogen-bond donors (Lipinski definition) is 3. The molecule has 2 atom stereocenters. The van der Waals surface area contributed by atoms with Gasteiger partial charge in [-0.05, 0) is 26.2 Å². The number of aliphatic hydroxyl groups excluding tert-OH is 1. The molecule has 1 aliphatic carbocycles. The number of amides is 1. The van der Waals surface area contributed by atoms with Gasteiger partial charge in [0.2, 0.25) is 0 Å². The highest BCUT2D eigenvalue weighted by Crippen LogP contribution is 2.37. The number of H-pyrrole nitrogens is 1. The van der Waals surface area contributed by atoms with Crippen LogP contribution in [0.15, 0.2) is 11.0 Å². The smallest absolute Gasteiger partial charge is 0.263 e. The first-order chi connectivity index (χ1) is 9.88.